The Balaban J connectivity index is 1.78. The van der Waals surface area contributed by atoms with Crippen molar-refractivity contribution in [2.24, 2.45) is 0 Å². The molecule has 1 aliphatic rings. The summed E-state index contributed by atoms with van der Waals surface area (Å²) in [7, 11) is 0. The minimum absolute atomic E-state index is 0.0754. The number of hydrogen-bond acceptors (Lipinski definition) is 5. The second-order valence-corrected chi connectivity index (χ2v) is 8.43. The molecule has 2 heterocycles. The Bertz CT molecular complexity index is 1170. The van der Waals surface area contributed by atoms with Gasteiger partial charge in [0.1, 0.15) is 22.0 Å². The Morgan fingerprint density at radius 2 is 2.07 bits per heavy atom. The molecule has 2 aromatic carbocycles. The second kappa shape index (κ2) is 7.60. The molecule has 0 bridgehead atoms. The summed E-state index contributed by atoms with van der Waals surface area (Å²) in [6, 6.07) is 5.54. The van der Waals surface area contributed by atoms with Gasteiger partial charge < -0.3 is 9.84 Å². The molecule has 0 radical (unpaired) electrons. The number of fused-ring (bicyclic) bond motifs is 2. The van der Waals surface area contributed by atoms with Crippen LogP contribution in [0.3, 0.4) is 0 Å². The lowest BCUT2D eigenvalue weighted by Gasteiger charge is -2.33. The van der Waals surface area contributed by atoms with Crippen LogP contribution in [0, 0.1) is 5.82 Å². The molecule has 1 unspecified atom stereocenters. The third kappa shape index (κ3) is 3.61. The number of carboxylic acid groups (broad SMARTS) is 1. The van der Waals surface area contributed by atoms with Gasteiger partial charge in [-0.1, -0.05) is 40.9 Å². The van der Waals surface area contributed by atoms with Gasteiger partial charge in [0, 0.05) is 0 Å². The number of aromatic nitrogens is 1. The van der Waals surface area contributed by atoms with E-state index in [2.05, 4.69) is 4.98 Å². The number of hydrogen-bond donors (Lipinski definition) is 1. The Morgan fingerprint density at radius 1 is 1.31 bits per heavy atom. The van der Waals surface area contributed by atoms with Gasteiger partial charge in [0.2, 0.25) is 0 Å². The quantitative estimate of drug-likeness (QED) is 0.527. The van der Waals surface area contributed by atoms with Crippen molar-refractivity contribution in [1.29, 1.82) is 0 Å². The average Bonchev–Trinajstić information content (AvgIpc) is 3.07. The van der Waals surface area contributed by atoms with E-state index in [4.69, 9.17) is 44.6 Å². The summed E-state index contributed by atoms with van der Waals surface area (Å²) in [5.74, 6) is -2.49. The number of amides is 1. The van der Waals surface area contributed by atoms with Gasteiger partial charge >= 0.3 is 5.97 Å². The number of aliphatic carboxylic acids is 1. The van der Waals surface area contributed by atoms with E-state index in [1.807, 2.05) is 0 Å². The molecule has 6 nitrogen and oxygen atoms in total. The third-order valence-electron chi connectivity index (χ3n) is 4.24. The zero-order valence-corrected chi connectivity index (χ0v) is 17.4. The maximum Gasteiger partial charge on any atom is 0.307 e. The fourth-order valence-electron chi connectivity index (χ4n) is 3.01. The fourth-order valence-corrected chi connectivity index (χ4v) is 4.91. The van der Waals surface area contributed by atoms with E-state index in [0.717, 1.165) is 16.2 Å². The molecule has 0 spiro atoms. The molecular weight excluding hydrogens is 466 g/mol. The summed E-state index contributed by atoms with van der Waals surface area (Å²) in [6.07, 6.45) is -1.84. The Labute approximate surface area is 182 Å². The number of nitrogens with zero attached hydrogens (tertiary/aromatic N) is 2. The first-order valence-electron chi connectivity index (χ1n) is 8.17. The monoisotopic (exact) mass is 474 g/mol. The van der Waals surface area contributed by atoms with E-state index < -0.39 is 30.2 Å². The molecule has 1 atom stereocenters. The van der Waals surface area contributed by atoms with E-state index in [-0.39, 0.29) is 28.0 Å². The van der Waals surface area contributed by atoms with Crippen LogP contribution in [0.5, 0.6) is 5.75 Å². The zero-order chi connectivity index (χ0) is 20.9. The van der Waals surface area contributed by atoms with Crippen molar-refractivity contribution in [3.8, 4) is 5.75 Å². The van der Waals surface area contributed by atoms with Crippen molar-refractivity contribution in [3.05, 3.63) is 50.2 Å². The summed E-state index contributed by atoms with van der Waals surface area (Å²) >= 11 is 19.6. The van der Waals surface area contributed by atoms with Crippen LogP contribution in [-0.4, -0.2) is 28.1 Å². The molecule has 0 saturated carbocycles. The van der Waals surface area contributed by atoms with Gasteiger partial charge in [0.15, 0.2) is 11.9 Å². The van der Waals surface area contributed by atoms with Crippen LogP contribution in [0.1, 0.15) is 11.4 Å². The summed E-state index contributed by atoms with van der Waals surface area (Å²) in [4.78, 5) is 29.5. The summed E-state index contributed by atoms with van der Waals surface area (Å²) in [6.45, 7) is -0.115. The predicted molar refractivity (Wildman–Crippen MR) is 109 cm³/mol. The lowest BCUT2D eigenvalue weighted by atomic mass is 10.1. The van der Waals surface area contributed by atoms with E-state index in [9.17, 15) is 14.0 Å². The molecule has 4 rings (SSSR count). The maximum atomic E-state index is 14.5. The van der Waals surface area contributed by atoms with Crippen molar-refractivity contribution in [3.63, 3.8) is 0 Å². The zero-order valence-electron chi connectivity index (χ0n) is 14.3. The van der Waals surface area contributed by atoms with Gasteiger partial charge in [-0.05, 0) is 18.2 Å². The first-order chi connectivity index (χ1) is 13.8. The maximum absolute atomic E-state index is 14.5. The van der Waals surface area contributed by atoms with Gasteiger partial charge in [0.05, 0.1) is 32.7 Å². The summed E-state index contributed by atoms with van der Waals surface area (Å²) < 4.78 is 20.5. The SMILES string of the molecule is O=C(O)CC1Oc2cccc(F)c2N(Cc2nc3c(Cl)cc(Cl)c(Cl)c3s2)C1=O. The highest BCUT2D eigenvalue weighted by Gasteiger charge is 2.38. The number of benzene rings is 2. The molecule has 0 saturated heterocycles. The van der Waals surface area contributed by atoms with Crippen LogP contribution in [0.15, 0.2) is 24.3 Å². The van der Waals surface area contributed by atoms with Gasteiger partial charge in [-0.15, -0.1) is 11.3 Å². The smallest absolute Gasteiger partial charge is 0.307 e. The van der Waals surface area contributed by atoms with Crippen LogP contribution < -0.4 is 9.64 Å². The molecule has 1 N–H and O–H groups in total. The molecule has 0 fully saturated rings. The van der Waals surface area contributed by atoms with E-state index >= 15 is 0 Å². The number of carbonyl (C=O) groups is 2. The fraction of sp³-hybridized carbons (Fsp3) is 0.167. The molecule has 1 aliphatic heterocycles. The van der Waals surface area contributed by atoms with Gasteiger partial charge in [-0.25, -0.2) is 9.37 Å². The Morgan fingerprint density at radius 3 is 2.79 bits per heavy atom. The number of anilines is 1. The van der Waals surface area contributed by atoms with Crippen LogP contribution >= 0.6 is 46.1 Å². The van der Waals surface area contributed by atoms with Gasteiger partial charge in [-0.3, -0.25) is 14.5 Å². The van der Waals surface area contributed by atoms with Crippen molar-refractivity contribution >= 4 is 73.9 Å². The topological polar surface area (TPSA) is 79.7 Å². The number of carboxylic acids is 1. The lowest BCUT2D eigenvalue weighted by molar-refractivity contribution is -0.142. The molecule has 29 heavy (non-hydrogen) atoms. The van der Waals surface area contributed by atoms with Crippen LogP contribution in [-0.2, 0) is 16.1 Å². The average molecular weight is 476 g/mol. The molecule has 1 amide bonds. The number of carbonyl (C=O) groups excluding carboxylic acids is 1. The largest absolute Gasteiger partial charge is 0.481 e. The minimum atomic E-state index is -1.28. The van der Waals surface area contributed by atoms with E-state index in [1.165, 1.54) is 24.3 Å². The summed E-state index contributed by atoms with van der Waals surface area (Å²) in [5, 5.41) is 10.3. The number of thiazole rings is 1. The van der Waals surface area contributed by atoms with Crippen LogP contribution in [0.2, 0.25) is 15.1 Å². The normalized spacial score (nSPS) is 16.1. The standard InChI is InChI=1S/C18H10Cl3FN2O4S/c19-7-4-8(20)15-17(14(7)21)29-12(23-15)6-24-16-9(22)2-1-3-10(16)28-11(18(24)27)5-13(25)26/h1-4,11H,5-6H2,(H,25,26). The highest BCUT2D eigenvalue weighted by molar-refractivity contribution is 7.19. The predicted octanol–water partition coefficient (Wildman–Crippen LogP) is 5.16. The van der Waals surface area contributed by atoms with E-state index in [1.54, 1.807) is 0 Å². The van der Waals surface area contributed by atoms with Gasteiger partial charge in [-0.2, -0.15) is 0 Å². The molecule has 1 aromatic heterocycles. The van der Waals surface area contributed by atoms with E-state index in [0.29, 0.717) is 20.2 Å². The number of ether oxygens (including phenoxy) is 1. The first-order valence-corrected chi connectivity index (χ1v) is 10.1. The molecule has 11 heteroatoms. The van der Waals surface area contributed by atoms with Crippen molar-refractivity contribution in [1.82, 2.24) is 4.98 Å². The van der Waals surface area contributed by atoms with Crippen molar-refractivity contribution < 1.29 is 23.8 Å². The summed E-state index contributed by atoms with van der Waals surface area (Å²) in [5.41, 5.74) is 0.339. The van der Waals surface area contributed by atoms with Crippen molar-refractivity contribution in [2.75, 3.05) is 4.90 Å². The minimum Gasteiger partial charge on any atom is -0.481 e. The molecule has 150 valence electrons. The number of para-hydroxylation sites is 1. The van der Waals surface area contributed by atoms with Crippen LogP contribution in [0.25, 0.3) is 10.2 Å². The highest BCUT2D eigenvalue weighted by atomic mass is 35.5. The highest BCUT2D eigenvalue weighted by Crippen LogP contribution is 2.41. The molecular formula is C18H10Cl3FN2O4S. The number of rotatable bonds is 4. The first kappa shape index (κ1) is 20.2. The lowest BCUT2D eigenvalue weighted by Crippen LogP contribution is -2.46. The number of halogens is 4. The third-order valence-corrected chi connectivity index (χ3v) is 6.49. The Kier molecular flexibility index (Phi) is 5.29. The van der Waals surface area contributed by atoms with Crippen LogP contribution in [0.4, 0.5) is 10.1 Å². The Hall–Kier alpha value is -2.13. The molecule has 3 aromatic rings. The molecule has 0 aliphatic carbocycles. The second-order valence-electron chi connectivity index (χ2n) is 6.15. The van der Waals surface area contributed by atoms with Gasteiger partial charge in [0.25, 0.3) is 5.91 Å². The van der Waals surface area contributed by atoms with Crippen molar-refractivity contribution in [2.45, 2.75) is 19.1 Å².